The molecule has 0 fully saturated rings. The van der Waals surface area contributed by atoms with Crippen molar-refractivity contribution in [3.05, 3.63) is 0 Å². The maximum atomic E-state index is 11.7. The standard InChI is InChI=1S/C12H24N2O3/c1-6-8-11(3,4)13-10(17)14-12(5,7-2)9(15)16/h6-8H2,1-5H3,(H,15,16)(H2,13,14,17). The van der Waals surface area contributed by atoms with Crippen LogP contribution in [0.4, 0.5) is 4.79 Å². The molecule has 3 N–H and O–H groups in total. The van der Waals surface area contributed by atoms with Gasteiger partial charge in [-0.2, -0.15) is 0 Å². The van der Waals surface area contributed by atoms with E-state index in [9.17, 15) is 9.59 Å². The molecule has 0 radical (unpaired) electrons. The normalized spacial score (nSPS) is 14.9. The average Bonchev–Trinajstić information content (AvgIpc) is 2.15. The first-order valence-corrected chi connectivity index (χ1v) is 6.00. The number of urea groups is 1. The Bertz CT molecular complexity index is 289. The molecule has 0 aliphatic rings. The van der Waals surface area contributed by atoms with Gasteiger partial charge in [-0.05, 0) is 33.6 Å². The van der Waals surface area contributed by atoms with Crippen LogP contribution in [0.1, 0.15) is 53.9 Å². The summed E-state index contributed by atoms with van der Waals surface area (Å²) in [6.45, 7) is 9.10. The lowest BCUT2D eigenvalue weighted by atomic mass is 9.98. The van der Waals surface area contributed by atoms with Gasteiger partial charge in [-0.3, -0.25) is 0 Å². The number of amides is 2. The number of nitrogens with one attached hydrogen (secondary N) is 2. The highest BCUT2D eigenvalue weighted by Crippen LogP contribution is 2.12. The van der Waals surface area contributed by atoms with Gasteiger partial charge in [0.15, 0.2) is 0 Å². The number of carbonyl (C=O) groups is 2. The van der Waals surface area contributed by atoms with Crippen molar-refractivity contribution in [3.8, 4) is 0 Å². The highest BCUT2D eigenvalue weighted by Gasteiger charge is 2.33. The van der Waals surface area contributed by atoms with E-state index >= 15 is 0 Å². The van der Waals surface area contributed by atoms with Gasteiger partial charge in [-0.1, -0.05) is 20.3 Å². The van der Waals surface area contributed by atoms with E-state index in [1.807, 2.05) is 20.8 Å². The Balaban J connectivity index is 4.50. The van der Waals surface area contributed by atoms with Gasteiger partial charge >= 0.3 is 12.0 Å². The van der Waals surface area contributed by atoms with Crippen LogP contribution in [0, 0.1) is 0 Å². The SMILES string of the molecule is CCCC(C)(C)NC(=O)NC(C)(CC)C(=O)O. The lowest BCUT2D eigenvalue weighted by Crippen LogP contribution is -2.58. The van der Waals surface area contributed by atoms with Gasteiger partial charge in [0.25, 0.3) is 0 Å². The molecule has 0 heterocycles. The molecule has 0 bridgehead atoms. The Labute approximate surface area is 103 Å². The fourth-order valence-electron chi connectivity index (χ4n) is 1.57. The molecule has 5 nitrogen and oxygen atoms in total. The molecule has 0 spiro atoms. The summed E-state index contributed by atoms with van der Waals surface area (Å²) in [7, 11) is 0. The Morgan fingerprint density at radius 3 is 2.00 bits per heavy atom. The number of rotatable bonds is 6. The molecule has 0 aromatic heterocycles. The van der Waals surface area contributed by atoms with Crippen LogP contribution in [0.2, 0.25) is 0 Å². The number of carboxylic acid groups (broad SMARTS) is 1. The van der Waals surface area contributed by atoms with Crippen molar-refractivity contribution in [1.82, 2.24) is 10.6 Å². The van der Waals surface area contributed by atoms with Crippen molar-refractivity contribution in [1.29, 1.82) is 0 Å². The molecule has 0 aromatic rings. The van der Waals surface area contributed by atoms with E-state index in [2.05, 4.69) is 10.6 Å². The summed E-state index contributed by atoms with van der Waals surface area (Å²) in [6, 6.07) is -0.435. The first-order valence-electron chi connectivity index (χ1n) is 6.00. The van der Waals surface area contributed by atoms with E-state index in [-0.39, 0.29) is 5.54 Å². The van der Waals surface area contributed by atoms with E-state index in [1.54, 1.807) is 6.92 Å². The third kappa shape index (κ3) is 5.06. The Hall–Kier alpha value is -1.26. The highest BCUT2D eigenvalue weighted by atomic mass is 16.4. The van der Waals surface area contributed by atoms with Crippen LogP contribution in [0.3, 0.4) is 0 Å². The van der Waals surface area contributed by atoms with E-state index in [0.717, 1.165) is 12.8 Å². The van der Waals surface area contributed by atoms with Crippen molar-refractivity contribution in [2.45, 2.75) is 65.0 Å². The summed E-state index contributed by atoms with van der Waals surface area (Å²) < 4.78 is 0. The van der Waals surface area contributed by atoms with Crippen LogP contribution in [-0.2, 0) is 4.79 Å². The van der Waals surface area contributed by atoms with Crippen LogP contribution in [0.25, 0.3) is 0 Å². The molecule has 0 saturated heterocycles. The van der Waals surface area contributed by atoms with Gasteiger partial charge < -0.3 is 15.7 Å². The van der Waals surface area contributed by atoms with E-state index in [1.165, 1.54) is 6.92 Å². The summed E-state index contributed by atoms with van der Waals surface area (Å²) in [4.78, 5) is 22.8. The van der Waals surface area contributed by atoms with Crippen molar-refractivity contribution in [2.24, 2.45) is 0 Å². The van der Waals surface area contributed by atoms with Crippen molar-refractivity contribution < 1.29 is 14.7 Å². The second-order valence-corrected chi connectivity index (χ2v) is 5.20. The van der Waals surface area contributed by atoms with E-state index in [0.29, 0.717) is 6.42 Å². The first kappa shape index (κ1) is 15.7. The lowest BCUT2D eigenvalue weighted by Gasteiger charge is -2.30. The average molecular weight is 244 g/mol. The zero-order chi connectivity index (χ0) is 13.7. The van der Waals surface area contributed by atoms with Gasteiger partial charge in [-0.25, -0.2) is 9.59 Å². The molecule has 0 rings (SSSR count). The lowest BCUT2D eigenvalue weighted by molar-refractivity contribution is -0.143. The molecule has 0 aromatic carbocycles. The summed E-state index contributed by atoms with van der Waals surface area (Å²) >= 11 is 0. The van der Waals surface area contributed by atoms with Gasteiger partial charge in [0.05, 0.1) is 0 Å². The second kappa shape index (κ2) is 5.89. The first-order chi connectivity index (χ1) is 7.67. The minimum Gasteiger partial charge on any atom is -0.480 e. The molecule has 1 atom stereocenters. The van der Waals surface area contributed by atoms with Crippen molar-refractivity contribution in [2.75, 3.05) is 0 Å². The third-order valence-electron chi connectivity index (χ3n) is 2.90. The largest absolute Gasteiger partial charge is 0.480 e. The summed E-state index contributed by atoms with van der Waals surface area (Å²) in [6.07, 6.45) is 2.14. The van der Waals surface area contributed by atoms with Gasteiger partial charge in [0.2, 0.25) is 0 Å². The number of aliphatic carboxylic acids is 1. The summed E-state index contributed by atoms with van der Waals surface area (Å²) in [5.41, 5.74) is -1.54. The smallest absolute Gasteiger partial charge is 0.329 e. The van der Waals surface area contributed by atoms with Crippen molar-refractivity contribution in [3.63, 3.8) is 0 Å². The summed E-state index contributed by atoms with van der Waals surface area (Å²) in [5.74, 6) is -1.02. The molecule has 100 valence electrons. The molecule has 1 unspecified atom stereocenters. The Morgan fingerprint density at radius 1 is 1.12 bits per heavy atom. The topological polar surface area (TPSA) is 78.4 Å². The predicted octanol–water partition coefficient (Wildman–Crippen LogP) is 2.12. The highest BCUT2D eigenvalue weighted by molar-refractivity contribution is 5.86. The van der Waals surface area contributed by atoms with Gasteiger partial charge in [0, 0.05) is 5.54 Å². The monoisotopic (exact) mass is 244 g/mol. The minimum atomic E-state index is -1.22. The molecule has 0 saturated carbocycles. The molecular formula is C12H24N2O3. The second-order valence-electron chi connectivity index (χ2n) is 5.20. The Kier molecular flexibility index (Phi) is 5.45. The fourth-order valence-corrected chi connectivity index (χ4v) is 1.57. The van der Waals surface area contributed by atoms with Crippen LogP contribution in [0.5, 0.6) is 0 Å². The van der Waals surface area contributed by atoms with Crippen LogP contribution in [0.15, 0.2) is 0 Å². The number of carboxylic acids is 1. The van der Waals surface area contributed by atoms with Gasteiger partial charge in [0.1, 0.15) is 5.54 Å². The fraction of sp³-hybridized carbons (Fsp3) is 0.833. The molecular weight excluding hydrogens is 220 g/mol. The Morgan fingerprint density at radius 2 is 1.65 bits per heavy atom. The maximum absolute atomic E-state index is 11.7. The quantitative estimate of drug-likeness (QED) is 0.669. The maximum Gasteiger partial charge on any atom is 0.329 e. The van der Waals surface area contributed by atoms with Crippen LogP contribution < -0.4 is 10.6 Å². The molecule has 0 aliphatic heterocycles. The number of hydrogen-bond acceptors (Lipinski definition) is 2. The summed E-state index contributed by atoms with van der Waals surface area (Å²) in [5, 5.41) is 14.3. The van der Waals surface area contributed by atoms with Gasteiger partial charge in [-0.15, -0.1) is 0 Å². The zero-order valence-corrected chi connectivity index (χ0v) is 11.4. The van der Waals surface area contributed by atoms with E-state index < -0.39 is 17.5 Å². The molecule has 17 heavy (non-hydrogen) atoms. The third-order valence-corrected chi connectivity index (χ3v) is 2.90. The number of carbonyl (C=O) groups excluding carboxylic acids is 1. The number of hydrogen-bond donors (Lipinski definition) is 3. The minimum absolute atomic E-state index is 0.327. The van der Waals surface area contributed by atoms with Crippen LogP contribution in [-0.4, -0.2) is 28.2 Å². The van der Waals surface area contributed by atoms with Crippen molar-refractivity contribution >= 4 is 12.0 Å². The molecule has 2 amide bonds. The molecule has 5 heteroatoms. The molecule has 0 aliphatic carbocycles. The zero-order valence-electron chi connectivity index (χ0n) is 11.4. The van der Waals surface area contributed by atoms with E-state index in [4.69, 9.17) is 5.11 Å². The predicted molar refractivity (Wildman–Crippen MR) is 67.0 cm³/mol. The van der Waals surface area contributed by atoms with Crippen LogP contribution >= 0.6 is 0 Å².